The highest BCUT2D eigenvalue weighted by Crippen LogP contribution is 2.38. The normalized spacial score (nSPS) is 11.1. The van der Waals surface area contributed by atoms with Crippen molar-refractivity contribution in [2.24, 2.45) is 0 Å². The standard InChI is InChI=1S/C27H20F3N3O3/c1-35-26(34)25-24(32)19(15-31)16-33(25)21-14-20(27(28,29)30)11-12-23(21)36-22-10-6-5-9-18(22)13-17-7-3-2-4-8-17/h2-12,14,16H,13,32H2,1H3. The summed E-state index contributed by atoms with van der Waals surface area (Å²) < 4.78 is 52.8. The first-order valence-corrected chi connectivity index (χ1v) is 10.7. The van der Waals surface area contributed by atoms with Crippen molar-refractivity contribution in [1.82, 2.24) is 4.57 Å². The Morgan fingerprint density at radius 2 is 1.72 bits per heavy atom. The fourth-order valence-corrected chi connectivity index (χ4v) is 3.76. The van der Waals surface area contributed by atoms with Crippen LogP contribution in [-0.2, 0) is 17.3 Å². The first-order chi connectivity index (χ1) is 17.2. The Bertz CT molecular complexity index is 1450. The number of para-hydroxylation sites is 1. The molecule has 6 nitrogen and oxygen atoms in total. The van der Waals surface area contributed by atoms with Crippen LogP contribution in [0.15, 0.2) is 79.0 Å². The number of alkyl halides is 3. The predicted molar refractivity (Wildman–Crippen MR) is 127 cm³/mol. The Kier molecular flexibility index (Phi) is 6.70. The van der Waals surface area contributed by atoms with Crippen LogP contribution in [0.25, 0.3) is 5.69 Å². The summed E-state index contributed by atoms with van der Waals surface area (Å²) >= 11 is 0. The number of carbonyl (C=O) groups is 1. The van der Waals surface area contributed by atoms with Gasteiger partial charge in [0.1, 0.15) is 11.8 Å². The summed E-state index contributed by atoms with van der Waals surface area (Å²) in [5.74, 6) is -0.474. The van der Waals surface area contributed by atoms with Crippen LogP contribution in [0.2, 0.25) is 0 Å². The molecular formula is C27H20F3N3O3. The molecule has 9 heteroatoms. The number of nitrogens with two attached hydrogens (primary N) is 1. The van der Waals surface area contributed by atoms with Gasteiger partial charge < -0.3 is 19.8 Å². The zero-order valence-electron chi connectivity index (χ0n) is 19.0. The van der Waals surface area contributed by atoms with Crippen molar-refractivity contribution in [3.8, 4) is 23.3 Å². The summed E-state index contributed by atoms with van der Waals surface area (Å²) in [5.41, 5.74) is 6.09. The molecule has 4 rings (SSSR count). The lowest BCUT2D eigenvalue weighted by molar-refractivity contribution is -0.137. The van der Waals surface area contributed by atoms with Crippen molar-refractivity contribution >= 4 is 11.7 Å². The summed E-state index contributed by atoms with van der Waals surface area (Å²) in [6, 6.07) is 21.5. The fraction of sp³-hybridized carbons (Fsp3) is 0.111. The molecule has 36 heavy (non-hydrogen) atoms. The Balaban J connectivity index is 1.87. The van der Waals surface area contributed by atoms with E-state index in [1.54, 1.807) is 12.1 Å². The highest BCUT2D eigenvalue weighted by atomic mass is 19.4. The Morgan fingerprint density at radius 3 is 2.39 bits per heavy atom. The maximum absolute atomic E-state index is 13.6. The molecule has 0 spiro atoms. The maximum atomic E-state index is 13.6. The third-order valence-electron chi connectivity index (χ3n) is 5.52. The topological polar surface area (TPSA) is 90.3 Å². The van der Waals surface area contributed by atoms with Gasteiger partial charge in [-0.1, -0.05) is 48.5 Å². The minimum atomic E-state index is -4.67. The van der Waals surface area contributed by atoms with Crippen molar-refractivity contribution in [3.63, 3.8) is 0 Å². The minimum Gasteiger partial charge on any atom is -0.464 e. The number of halogens is 3. The van der Waals surface area contributed by atoms with E-state index < -0.39 is 17.7 Å². The van der Waals surface area contributed by atoms with Crippen LogP contribution in [0.5, 0.6) is 11.5 Å². The summed E-state index contributed by atoms with van der Waals surface area (Å²) in [4.78, 5) is 12.5. The van der Waals surface area contributed by atoms with Gasteiger partial charge in [0.15, 0.2) is 11.4 Å². The van der Waals surface area contributed by atoms with E-state index in [0.29, 0.717) is 12.2 Å². The minimum absolute atomic E-state index is 0.0214. The quantitative estimate of drug-likeness (QED) is 0.328. The molecule has 0 amide bonds. The van der Waals surface area contributed by atoms with Crippen LogP contribution in [0.1, 0.15) is 32.7 Å². The summed E-state index contributed by atoms with van der Waals surface area (Å²) in [5, 5.41) is 9.42. The summed E-state index contributed by atoms with van der Waals surface area (Å²) in [7, 11) is 1.11. The van der Waals surface area contributed by atoms with E-state index in [9.17, 15) is 23.2 Å². The first kappa shape index (κ1) is 24.4. The highest BCUT2D eigenvalue weighted by molar-refractivity contribution is 5.96. The molecule has 3 aromatic carbocycles. The highest BCUT2D eigenvalue weighted by Gasteiger charge is 2.33. The van der Waals surface area contributed by atoms with Gasteiger partial charge >= 0.3 is 12.1 Å². The van der Waals surface area contributed by atoms with Crippen LogP contribution in [-0.4, -0.2) is 17.6 Å². The van der Waals surface area contributed by atoms with Gasteiger partial charge in [-0.3, -0.25) is 0 Å². The van der Waals surface area contributed by atoms with Crippen LogP contribution in [0.3, 0.4) is 0 Å². The van der Waals surface area contributed by atoms with Crippen molar-refractivity contribution in [1.29, 1.82) is 5.26 Å². The third kappa shape index (κ3) is 4.88. The average molecular weight is 491 g/mol. The molecule has 0 atom stereocenters. The van der Waals surface area contributed by atoms with Gasteiger partial charge in [0, 0.05) is 12.6 Å². The Morgan fingerprint density at radius 1 is 1.03 bits per heavy atom. The van der Waals surface area contributed by atoms with E-state index in [0.717, 1.165) is 34.9 Å². The number of methoxy groups -OCH3 is 1. The van der Waals surface area contributed by atoms with Gasteiger partial charge in [-0.15, -0.1) is 0 Å². The van der Waals surface area contributed by atoms with Crippen molar-refractivity contribution in [2.45, 2.75) is 12.6 Å². The lowest BCUT2D eigenvalue weighted by Crippen LogP contribution is -2.13. The second-order valence-electron chi connectivity index (χ2n) is 7.83. The van der Waals surface area contributed by atoms with Crippen molar-refractivity contribution in [3.05, 3.63) is 107 Å². The first-order valence-electron chi connectivity index (χ1n) is 10.7. The molecule has 0 aliphatic carbocycles. The number of nitrogens with zero attached hydrogens (tertiary/aromatic N) is 2. The number of benzene rings is 3. The summed E-state index contributed by atoms with van der Waals surface area (Å²) in [6.07, 6.45) is -2.96. The number of esters is 1. The van der Waals surface area contributed by atoms with E-state index in [2.05, 4.69) is 0 Å². The predicted octanol–water partition coefficient (Wildman–Crippen LogP) is 6.12. The van der Waals surface area contributed by atoms with Gasteiger partial charge in [-0.2, -0.15) is 18.4 Å². The van der Waals surface area contributed by atoms with Crippen LogP contribution in [0.4, 0.5) is 18.9 Å². The number of anilines is 1. The molecule has 0 saturated heterocycles. The second kappa shape index (κ2) is 9.88. The van der Waals surface area contributed by atoms with E-state index in [1.165, 1.54) is 12.3 Å². The zero-order chi connectivity index (χ0) is 25.9. The number of aromatic nitrogens is 1. The Labute approximate surface area is 204 Å². The van der Waals surface area contributed by atoms with Crippen molar-refractivity contribution < 1.29 is 27.4 Å². The molecule has 1 heterocycles. The van der Waals surface area contributed by atoms with E-state index in [4.69, 9.17) is 15.2 Å². The molecule has 0 aliphatic heterocycles. The number of ether oxygens (including phenoxy) is 2. The number of hydrogen-bond donors (Lipinski definition) is 1. The van der Waals surface area contributed by atoms with Gasteiger partial charge in [0.25, 0.3) is 0 Å². The van der Waals surface area contributed by atoms with E-state index >= 15 is 0 Å². The number of carbonyl (C=O) groups excluding carboxylic acids is 1. The molecule has 0 bridgehead atoms. The van der Waals surface area contributed by atoms with Gasteiger partial charge in [-0.05, 0) is 35.4 Å². The molecule has 0 saturated carbocycles. The number of nitriles is 1. The number of nitrogen functional groups attached to an aromatic ring is 1. The van der Waals surface area contributed by atoms with Gasteiger partial charge in [-0.25, -0.2) is 4.79 Å². The second-order valence-corrected chi connectivity index (χ2v) is 7.83. The van der Waals surface area contributed by atoms with Crippen molar-refractivity contribution in [2.75, 3.05) is 12.8 Å². The number of rotatable bonds is 6. The molecule has 0 fully saturated rings. The molecule has 182 valence electrons. The molecule has 0 radical (unpaired) electrons. The fourth-order valence-electron chi connectivity index (χ4n) is 3.76. The molecule has 4 aromatic rings. The third-order valence-corrected chi connectivity index (χ3v) is 5.52. The maximum Gasteiger partial charge on any atom is 0.416 e. The lowest BCUT2D eigenvalue weighted by Gasteiger charge is -2.18. The van der Waals surface area contributed by atoms with Crippen LogP contribution >= 0.6 is 0 Å². The van der Waals surface area contributed by atoms with Crippen LogP contribution < -0.4 is 10.5 Å². The van der Waals surface area contributed by atoms with E-state index in [-0.39, 0.29) is 28.4 Å². The smallest absolute Gasteiger partial charge is 0.416 e. The molecule has 2 N–H and O–H groups in total. The zero-order valence-corrected chi connectivity index (χ0v) is 19.0. The molecule has 0 unspecified atom stereocenters. The average Bonchev–Trinajstić information content (AvgIpc) is 3.21. The van der Waals surface area contributed by atoms with E-state index in [1.807, 2.05) is 48.5 Å². The SMILES string of the molecule is COC(=O)c1c(N)c(C#N)cn1-c1cc(C(F)(F)F)ccc1Oc1ccccc1Cc1ccccc1. The molecule has 0 aliphatic rings. The lowest BCUT2D eigenvalue weighted by atomic mass is 10.0. The van der Waals surface area contributed by atoms with Crippen LogP contribution in [0, 0.1) is 11.3 Å². The van der Waals surface area contributed by atoms with Gasteiger partial charge in [0.05, 0.1) is 29.6 Å². The number of hydrogen-bond acceptors (Lipinski definition) is 5. The monoisotopic (exact) mass is 491 g/mol. The summed E-state index contributed by atoms with van der Waals surface area (Å²) in [6.45, 7) is 0. The largest absolute Gasteiger partial charge is 0.464 e. The van der Waals surface area contributed by atoms with Gasteiger partial charge in [0.2, 0.25) is 0 Å². The molecular weight excluding hydrogens is 471 g/mol. The Hall–Kier alpha value is -4.71. The molecule has 1 aromatic heterocycles.